The second kappa shape index (κ2) is 7.78. The third-order valence-corrected chi connectivity index (χ3v) is 2.85. The summed E-state index contributed by atoms with van der Waals surface area (Å²) in [4.78, 5) is 22.6. The Bertz CT molecular complexity index is 345. The molecule has 0 spiro atoms. The van der Waals surface area contributed by atoms with E-state index < -0.39 is 18.0 Å². The summed E-state index contributed by atoms with van der Waals surface area (Å²) in [5.74, 6) is -0.808. The number of hydrogen-bond acceptors (Lipinski definition) is 3. The van der Waals surface area contributed by atoms with Crippen LogP contribution in [0.15, 0.2) is 11.8 Å². The smallest absolute Gasteiger partial charge is 0.326 e. The fourth-order valence-corrected chi connectivity index (χ4v) is 1.84. The standard InChI is InChI=1S/C13H22N2O4/c1-9(2)7-11(12(16)17)15-13(18)14-8-10-3-5-19-6-4-10/h8-9,11H,3-7H2,1-2H3,(H,16,17)(H2,14,15,18). The highest BCUT2D eigenvalue weighted by Crippen LogP contribution is 2.11. The summed E-state index contributed by atoms with van der Waals surface area (Å²) < 4.78 is 5.20. The first-order valence-electron chi connectivity index (χ1n) is 6.54. The monoisotopic (exact) mass is 270 g/mol. The lowest BCUT2D eigenvalue weighted by Gasteiger charge is -2.17. The van der Waals surface area contributed by atoms with Crippen LogP contribution in [0.25, 0.3) is 0 Å². The van der Waals surface area contributed by atoms with E-state index >= 15 is 0 Å². The van der Waals surface area contributed by atoms with Gasteiger partial charge in [0.2, 0.25) is 0 Å². The van der Waals surface area contributed by atoms with Gasteiger partial charge in [-0.25, -0.2) is 9.59 Å². The molecule has 1 fully saturated rings. The Labute approximate surface area is 113 Å². The number of urea groups is 1. The maximum Gasteiger partial charge on any atom is 0.326 e. The molecule has 0 bridgehead atoms. The van der Waals surface area contributed by atoms with Crippen LogP contribution in [-0.4, -0.2) is 36.4 Å². The van der Waals surface area contributed by atoms with Crippen molar-refractivity contribution in [2.45, 2.75) is 39.2 Å². The molecule has 0 aromatic rings. The average Bonchev–Trinajstić information content (AvgIpc) is 2.36. The molecule has 6 nitrogen and oxygen atoms in total. The van der Waals surface area contributed by atoms with Gasteiger partial charge in [-0.3, -0.25) is 0 Å². The van der Waals surface area contributed by atoms with Crippen LogP contribution in [0, 0.1) is 5.92 Å². The molecule has 2 amide bonds. The van der Waals surface area contributed by atoms with Gasteiger partial charge in [-0.1, -0.05) is 13.8 Å². The molecular formula is C13H22N2O4. The van der Waals surface area contributed by atoms with E-state index in [1.807, 2.05) is 13.8 Å². The van der Waals surface area contributed by atoms with Crippen LogP contribution < -0.4 is 10.6 Å². The predicted molar refractivity (Wildman–Crippen MR) is 70.7 cm³/mol. The summed E-state index contributed by atoms with van der Waals surface area (Å²) in [6.45, 7) is 5.17. The zero-order valence-corrected chi connectivity index (χ0v) is 11.4. The summed E-state index contributed by atoms with van der Waals surface area (Å²) in [6, 6.07) is -1.33. The molecule has 0 aromatic carbocycles. The number of hydrogen-bond donors (Lipinski definition) is 3. The van der Waals surface area contributed by atoms with Gasteiger partial charge in [0.1, 0.15) is 6.04 Å². The molecule has 1 saturated heterocycles. The number of carbonyl (C=O) groups is 2. The van der Waals surface area contributed by atoms with Crippen LogP contribution in [0.4, 0.5) is 4.79 Å². The Morgan fingerprint density at radius 1 is 1.37 bits per heavy atom. The van der Waals surface area contributed by atoms with Crippen molar-refractivity contribution >= 4 is 12.0 Å². The molecule has 0 aliphatic carbocycles. The first-order chi connectivity index (χ1) is 8.99. The van der Waals surface area contributed by atoms with Crippen LogP contribution in [0.2, 0.25) is 0 Å². The lowest BCUT2D eigenvalue weighted by Crippen LogP contribution is -2.45. The fraction of sp³-hybridized carbons (Fsp3) is 0.692. The average molecular weight is 270 g/mol. The van der Waals surface area contributed by atoms with Crippen LogP contribution in [0.3, 0.4) is 0 Å². The summed E-state index contributed by atoms with van der Waals surface area (Å²) in [5, 5.41) is 14.1. The molecule has 0 saturated carbocycles. The Morgan fingerprint density at radius 2 is 2.00 bits per heavy atom. The van der Waals surface area contributed by atoms with Gasteiger partial charge in [0.25, 0.3) is 0 Å². The molecule has 0 aromatic heterocycles. The van der Waals surface area contributed by atoms with Crippen molar-refractivity contribution in [3.63, 3.8) is 0 Å². The van der Waals surface area contributed by atoms with Crippen LogP contribution in [0.1, 0.15) is 33.1 Å². The summed E-state index contributed by atoms with van der Waals surface area (Å²) in [6.07, 6.45) is 3.66. The predicted octanol–water partition coefficient (Wildman–Crippen LogP) is 1.48. The minimum absolute atomic E-state index is 0.204. The van der Waals surface area contributed by atoms with E-state index in [2.05, 4.69) is 10.6 Å². The minimum atomic E-state index is -1.01. The fourth-order valence-electron chi connectivity index (χ4n) is 1.84. The van der Waals surface area contributed by atoms with Crippen molar-refractivity contribution in [1.82, 2.24) is 10.6 Å². The summed E-state index contributed by atoms with van der Waals surface area (Å²) in [7, 11) is 0. The van der Waals surface area contributed by atoms with E-state index in [1.54, 1.807) is 6.20 Å². The molecule has 0 radical (unpaired) electrons. The summed E-state index contributed by atoms with van der Waals surface area (Å²) >= 11 is 0. The first kappa shape index (κ1) is 15.5. The van der Waals surface area contributed by atoms with Gasteiger partial charge in [0, 0.05) is 6.20 Å². The molecular weight excluding hydrogens is 248 g/mol. The largest absolute Gasteiger partial charge is 0.480 e. The normalized spacial score (nSPS) is 16.9. The second-order valence-corrected chi connectivity index (χ2v) is 5.05. The van der Waals surface area contributed by atoms with Gasteiger partial charge >= 0.3 is 12.0 Å². The molecule has 1 atom stereocenters. The number of amides is 2. The molecule has 1 rings (SSSR count). The molecule has 19 heavy (non-hydrogen) atoms. The zero-order chi connectivity index (χ0) is 14.3. The number of rotatable bonds is 5. The molecule has 1 unspecified atom stereocenters. The lowest BCUT2D eigenvalue weighted by molar-refractivity contribution is -0.139. The zero-order valence-electron chi connectivity index (χ0n) is 11.4. The number of ether oxygens (including phenoxy) is 1. The molecule has 108 valence electrons. The maximum absolute atomic E-state index is 11.6. The Balaban J connectivity index is 2.41. The van der Waals surface area contributed by atoms with Crippen molar-refractivity contribution in [3.8, 4) is 0 Å². The SMILES string of the molecule is CC(C)CC(NC(=O)NC=C1CCOCC1)C(=O)O. The van der Waals surface area contributed by atoms with E-state index in [4.69, 9.17) is 9.84 Å². The third-order valence-electron chi connectivity index (χ3n) is 2.85. The van der Waals surface area contributed by atoms with Crippen molar-refractivity contribution in [2.75, 3.05) is 13.2 Å². The van der Waals surface area contributed by atoms with Gasteiger partial charge < -0.3 is 20.5 Å². The molecule has 1 aliphatic heterocycles. The van der Waals surface area contributed by atoms with E-state index in [0.29, 0.717) is 19.6 Å². The molecule has 3 N–H and O–H groups in total. The lowest BCUT2D eigenvalue weighted by atomic mass is 10.0. The highest BCUT2D eigenvalue weighted by Gasteiger charge is 2.20. The van der Waals surface area contributed by atoms with Crippen molar-refractivity contribution in [1.29, 1.82) is 0 Å². The highest BCUT2D eigenvalue weighted by atomic mass is 16.5. The topological polar surface area (TPSA) is 87.7 Å². The van der Waals surface area contributed by atoms with Crippen LogP contribution in [-0.2, 0) is 9.53 Å². The van der Waals surface area contributed by atoms with Crippen LogP contribution in [0.5, 0.6) is 0 Å². The third kappa shape index (κ3) is 6.24. The maximum atomic E-state index is 11.6. The van der Waals surface area contributed by atoms with Crippen molar-refractivity contribution < 1.29 is 19.4 Å². The Morgan fingerprint density at radius 3 is 2.53 bits per heavy atom. The number of carboxylic acid groups (broad SMARTS) is 1. The van der Waals surface area contributed by atoms with E-state index in [-0.39, 0.29) is 5.92 Å². The minimum Gasteiger partial charge on any atom is -0.480 e. The van der Waals surface area contributed by atoms with Gasteiger partial charge in [-0.2, -0.15) is 0 Å². The quantitative estimate of drug-likeness (QED) is 0.706. The van der Waals surface area contributed by atoms with Gasteiger partial charge in [0.15, 0.2) is 0 Å². The van der Waals surface area contributed by atoms with Crippen molar-refractivity contribution in [3.05, 3.63) is 11.8 Å². The number of carboxylic acids is 1. The van der Waals surface area contributed by atoms with E-state index in [1.165, 1.54) is 0 Å². The van der Waals surface area contributed by atoms with Gasteiger partial charge in [-0.05, 0) is 30.8 Å². The molecule has 1 aliphatic rings. The Kier molecular flexibility index (Phi) is 6.35. The number of carbonyl (C=O) groups excluding carboxylic acids is 1. The Hall–Kier alpha value is -1.56. The highest BCUT2D eigenvalue weighted by molar-refractivity contribution is 5.82. The van der Waals surface area contributed by atoms with Crippen LogP contribution >= 0.6 is 0 Å². The number of aliphatic carboxylic acids is 1. The number of nitrogens with one attached hydrogen (secondary N) is 2. The molecule has 1 heterocycles. The summed E-state index contributed by atoms with van der Waals surface area (Å²) in [5.41, 5.74) is 1.11. The molecule has 6 heteroatoms. The van der Waals surface area contributed by atoms with Gasteiger partial charge in [-0.15, -0.1) is 0 Å². The second-order valence-electron chi connectivity index (χ2n) is 5.05. The van der Waals surface area contributed by atoms with E-state index in [0.717, 1.165) is 18.4 Å². The van der Waals surface area contributed by atoms with Crippen molar-refractivity contribution in [2.24, 2.45) is 5.92 Å². The van der Waals surface area contributed by atoms with Gasteiger partial charge in [0.05, 0.1) is 13.2 Å². The van der Waals surface area contributed by atoms with E-state index in [9.17, 15) is 9.59 Å². The first-order valence-corrected chi connectivity index (χ1v) is 6.54.